The van der Waals surface area contributed by atoms with Gasteiger partial charge in [0.2, 0.25) is 0 Å². The Morgan fingerprint density at radius 2 is 1.37 bits per heavy atom. The number of ether oxygens (including phenoxy) is 1. The molecule has 27 heavy (non-hydrogen) atoms. The summed E-state index contributed by atoms with van der Waals surface area (Å²) in [7, 11) is -5.17. The molecule has 0 aliphatic rings. The summed E-state index contributed by atoms with van der Waals surface area (Å²) >= 11 is 0. The topological polar surface area (TPSA) is 109 Å². The van der Waals surface area contributed by atoms with Crippen LogP contribution < -0.4 is 63.9 Å². The van der Waals surface area contributed by atoms with E-state index in [-0.39, 0.29) is 72.3 Å². The maximum Gasteiger partial charge on any atom is 1.00 e. The van der Waals surface area contributed by atoms with Crippen LogP contribution in [0.15, 0.2) is 24.3 Å². The summed E-state index contributed by atoms with van der Waals surface area (Å²) in [5.41, 5.74) is 1.24. The Hall–Kier alpha value is 0.850. The minimum absolute atomic E-state index is 0. The third-order valence-electron chi connectivity index (χ3n) is 3.61. The van der Waals surface area contributed by atoms with Crippen LogP contribution in [0.5, 0.6) is 5.75 Å². The van der Waals surface area contributed by atoms with Crippen molar-refractivity contribution in [3.05, 3.63) is 29.8 Å². The molecule has 6 nitrogen and oxygen atoms in total. The molecule has 0 amide bonds. The molecule has 1 radical (unpaired) electrons. The van der Waals surface area contributed by atoms with Crippen LogP contribution >= 0.6 is 0 Å². The summed E-state index contributed by atoms with van der Waals surface area (Å²) in [6.07, 6.45) is 11.8. The van der Waals surface area contributed by atoms with E-state index < -0.39 is 10.4 Å². The van der Waals surface area contributed by atoms with Gasteiger partial charge in [-0.2, -0.15) is 0 Å². The van der Waals surface area contributed by atoms with Gasteiger partial charge in [0, 0.05) is 10.4 Å². The van der Waals surface area contributed by atoms with Gasteiger partial charge in [-0.05, 0) is 24.5 Å². The molecule has 0 unspecified atom stereocenters. The molecule has 1 rings (SSSR count). The first kappa shape index (κ1) is 32.5. The Morgan fingerprint density at radius 1 is 0.889 bits per heavy atom. The fourth-order valence-corrected chi connectivity index (χ4v) is 2.45. The first-order valence-corrected chi connectivity index (χ1v) is 10.2. The van der Waals surface area contributed by atoms with Crippen LogP contribution in [0.2, 0.25) is 0 Å². The average Bonchev–Trinajstić information content (AvgIpc) is 2.55. The van der Waals surface area contributed by atoms with E-state index in [1.165, 1.54) is 56.9 Å². The number of unbranched alkanes of at least 4 members (excludes halogenated alkanes) is 7. The molecule has 0 fully saturated rings. The Balaban J connectivity index is -0.000000729. The van der Waals surface area contributed by atoms with Crippen LogP contribution in [0.3, 0.4) is 0 Å². The largest absolute Gasteiger partial charge is 1.00 e. The van der Waals surface area contributed by atoms with Crippen molar-refractivity contribution in [3.8, 4) is 5.75 Å². The van der Waals surface area contributed by atoms with Crippen molar-refractivity contribution >= 4 is 10.4 Å². The Kier molecular flexibility index (Phi) is 26.0. The van der Waals surface area contributed by atoms with Crippen LogP contribution in [0, 0.1) is 0 Å². The van der Waals surface area contributed by atoms with Gasteiger partial charge in [0.15, 0.2) is 0 Å². The number of aryl methyl sites for hydroxylation is 1. The zero-order chi connectivity index (χ0) is 19.0. The smallest absolute Gasteiger partial charge is 0.759 e. The van der Waals surface area contributed by atoms with Crippen LogP contribution in [-0.2, 0) is 21.9 Å². The molecule has 0 N–H and O–H groups in total. The number of benzene rings is 1. The quantitative estimate of drug-likeness (QED) is 0.166. The van der Waals surface area contributed by atoms with Crippen LogP contribution in [0.4, 0.5) is 0 Å². The van der Waals surface area contributed by atoms with Gasteiger partial charge in [-0.3, -0.25) is 8.42 Å². The first-order valence-electron chi connectivity index (χ1n) is 8.84. The summed E-state index contributed by atoms with van der Waals surface area (Å²) in [6, 6.07) is 8.10. The second kappa shape index (κ2) is 21.6. The average molecular weight is 419 g/mol. The summed E-state index contributed by atoms with van der Waals surface area (Å²) in [5.74, 6) is 0.895. The molecule has 0 aliphatic carbocycles. The van der Waals surface area contributed by atoms with Crippen LogP contribution in [-0.4, -0.2) is 30.7 Å². The van der Waals surface area contributed by atoms with Crippen LogP contribution in [0.1, 0.15) is 63.9 Å². The molecule has 0 saturated heterocycles. The van der Waals surface area contributed by atoms with Gasteiger partial charge in [0.1, 0.15) is 19.0 Å². The molecular formula is C18H29Na2O6S. The van der Waals surface area contributed by atoms with Gasteiger partial charge in [-0.1, -0.05) is 70.1 Å². The van der Waals surface area contributed by atoms with Gasteiger partial charge in [-0.15, -0.1) is 0 Å². The molecule has 0 bridgehead atoms. The molecule has 0 spiro atoms. The molecular weight excluding hydrogens is 390 g/mol. The third-order valence-corrected chi connectivity index (χ3v) is 3.61. The summed E-state index contributed by atoms with van der Waals surface area (Å²) in [6.45, 7) is 2.35. The minimum atomic E-state index is -5.17. The number of rotatable bonds is 12. The fourth-order valence-electron chi connectivity index (χ4n) is 2.45. The normalized spacial score (nSPS) is 10.1. The minimum Gasteiger partial charge on any atom is -0.759 e. The van der Waals surface area contributed by atoms with E-state index >= 15 is 0 Å². The number of hydrogen-bond acceptors (Lipinski definition) is 5. The van der Waals surface area contributed by atoms with E-state index in [9.17, 15) is 5.11 Å². The monoisotopic (exact) mass is 419 g/mol. The molecule has 1 aromatic carbocycles. The van der Waals surface area contributed by atoms with E-state index in [0.717, 1.165) is 12.2 Å². The maximum atomic E-state index is 10.5. The van der Waals surface area contributed by atoms with Gasteiger partial charge in [0.05, 0.1) is 0 Å². The predicted octanol–water partition coefficient (Wildman–Crippen LogP) is -2.15. The van der Waals surface area contributed by atoms with Gasteiger partial charge >= 0.3 is 59.1 Å². The summed E-state index contributed by atoms with van der Waals surface area (Å²) < 4.78 is 39.6. The zero-order valence-electron chi connectivity index (χ0n) is 16.9. The SMILES string of the molecule is CCCCCCCCCCc1ccccc1OCC[O].O=S(=O)([O-])[O-].[Na+].[Na+]. The van der Waals surface area contributed by atoms with Gasteiger partial charge < -0.3 is 13.8 Å². The molecule has 1 aromatic rings. The molecule has 0 saturated carbocycles. The van der Waals surface area contributed by atoms with Crippen LogP contribution in [0.25, 0.3) is 0 Å². The standard InChI is InChI=1S/C18H29O2.2Na.H2O4S/c1-2-3-4-5-6-7-8-9-12-17-13-10-11-14-18(17)20-16-15-19;;;1-5(2,3)4/h10-11,13-14H,2-9,12,15-16H2,1H3;;;(H2,1,2,3,4)/q;2*+1;/p-2. The maximum absolute atomic E-state index is 10.5. The second-order valence-electron chi connectivity index (χ2n) is 5.79. The molecule has 0 heterocycles. The third kappa shape index (κ3) is 24.8. The number of hydrogen-bond donors (Lipinski definition) is 0. The van der Waals surface area contributed by atoms with Crippen molar-refractivity contribution in [3.63, 3.8) is 0 Å². The second-order valence-corrected chi connectivity index (χ2v) is 6.61. The van der Waals surface area contributed by atoms with E-state index in [4.69, 9.17) is 22.3 Å². The van der Waals surface area contributed by atoms with E-state index in [0.29, 0.717) is 0 Å². The molecule has 145 valence electrons. The Bertz CT molecular complexity index is 532. The van der Waals surface area contributed by atoms with Gasteiger partial charge in [0.25, 0.3) is 0 Å². The van der Waals surface area contributed by atoms with Crippen molar-refractivity contribution in [2.45, 2.75) is 64.7 Å². The first-order chi connectivity index (χ1) is 11.9. The Morgan fingerprint density at radius 3 is 1.89 bits per heavy atom. The molecule has 0 atom stereocenters. The van der Waals surface area contributed by atoms with E-state index in [2.05, 4.69) is 13.0 Å². The van der Waals surface area contributed by atoms with Gasteiger partial charge in [-0.25, -0.2) is 5.11 Å². The summed E-state index contributed by atoms with van der Waals surface area (Å²) in [4.78, 5) is 0. The zero-order valence-corrected chi connectivity index (χ0v) is 21.8. The predicted molar refractivity (Wildman–Crippen MR) is 94.3 cm³/mol. The van der Waals surface area contributed by atoms with Crippen molar-refractivity contribution in [2.24, 2.45) is 0 Å². The molecule has 0 aromatic heterocycles. The Labute approximate surface area is 208 Å². The van der Waals surface area contributed by atoms with Crippen molar-refractivity contribution < 1.29 is 86.5 Å². The van der Waals surface area contributed by atoms with E-state index in [1.54, 1.807) is 0 Å². The fraction of sp³-hybridized carbons (Fsp3) is 0.667. The summed E-state index contributed by atoms with van der Waals surface area (Å²) in [5, 5.41) is 10.5. The molecule has 0 aliphatic heterocycles. The van der Waals surface area contributed by atoms with Crippen molar-refractivity contribution in [1.82, 2.24) is 0 Å². The van der Waals surface area contributed by atoms with Crippen molar-refractivity contribution in [1.29, 1.82) is 0 Å². The van der Waals surface area contributed by atoms with Crippen molar-refractivity contribution in [2.75, 3.05) is 13.2 Å². The molecule has 9 heteroatoms. The number of para-hydroxylation sites is 1. The van der Waals surface area contributed by atoms with E-state index in [1.807, 2.05) is 18.2 Å².